The Kier molecular flexibility index (Phi) is 3.99. The monoisotopic (exact) mass is 413 g/mol. The van der Waals surface area contributed by atoms with Gasteiger partial charge in [0.1, 0.15) is 11.6 Å². The summed E-state index contributed by atoms with van der Waals surface area (Å²) in [5.74, 6) is -1.95. The molecule has 4 heterocycles. The number of aromatic nitrogens is 4. The van der Waals surface area contributed by atoms with Crippen LogP contribution in [-0.2, 0) is 12.1 Å². The molecule has 154 valence electrons. The second-order valence-corrected chi connectivity index (χ2v) is 7.58. The third kappa shape index (κ3) is 2.78. The van der Waals surface area contributed by atoms with Crippen LogP contribution < -0.4 is 0 Å². The first-order valence-corrected chi connectivity index (χ1v) is 9.37. The van der Waals surface area contributed by atoms with Gasteiger partial charge in [0, 0.05) is 18.7 Å². The van der Waals surface area contributed by atoms with Crippen LogP contribution in [0.2, 0.25) is 0 Å². The number of para-hydroxylation sites is 1. The van der Waals surface area contributed by atoms with Crippen LogP contribution in [0.15, 0.2) is 39.4 Å². The van der Waals surface area contributed by atoms with Crippen LogP contribution in [0, 0.1) is 5.82 Å². The molecule has 0 aliphatic carbocycles. The molecule has 0 unspecified atom stereocenters. The normalized spacial score (nSPS) is 16.8. The summed E-state index contributed by atoms with van der Waals surface area (Å²) >= 11 is 0. The van der Waals surface area contributed by atoms with E-state index in [0.29, 0.717) is 23.1 Å². The van der Waals surface area contributed by atoms with Gasteiger partial charge in [0.15, 0.2) is 17.2 Å². The number of carbonyl (C=O) groups excluding carboxylic acids is 1. The van der Waals surface area contributed by atoms with Crippen molar-refractivity contribution in [2.24, 2.45) is 0 Å². The van der Waals surface area contributed by atoms with Crippen molar-refractivity contribution in [1.29, 1.82) is 0 Å². The van der Waals surface area contributed by atoms with E-state index in [1.807, 2.05) is 0 Å². The summed E-state index contributed by atoms with van der Waals surface area (Å²) < 4.78 is 40.4. The van der Waals surface area contributed by atoms with E-state index in [2.05, 4.69) is 20.2 Å². The number of hydrogen-bond acceptors (Lipinski definition) is 6. The molecule has 0 fully saturated rings. The maximum atomic E-state index is 15.2. The van der Waals surface area contributed by atoms with Crippen molar-refractivity contribution in [1.82, 2.24) is 25.1 Å². The predicted molar refractivity (Wildman–Crippen MR) is 99.8 cm³/mol. The zero-order chi connectivity index (χ0) is 21.0. The predicted octanol–water partition coefficient (Wildman–Crippen LogP) is 3.67. The molecule has 8 nitrogen and oxygen atoms in total. The van der Waals surface area contributed by atoms with Crippen molar-refractivity contribution in [3.8, 4) is 0 Å². The number of imidazole rings is 1. The number of H-pyrrole nitrogens is 1. The van der Waals surface area contributed by atoms with Gasteiger partial charge >= 0.3 is 11.8 Å². The van der Waals surface area contributed by atoms with Gasteiger partial charge in [0.25, 0.3) is 5.89 Å². The number of aromatic amines is 1. The van der Waals surface area contributed by atoms with Crippen LogP contribution in [0.4, 0.5) is 8.78 Å². The van der Waals surface area contributed by atoms with Crippen molar-refractivity contribution >= 4 is 16.9 Å². The maximum Gasteiger partial charge on any atom is 0.312 e. The Morgan fingerprint density at radius 3 is 2.80 bits per heavy atom. The smallest absolute Gasteiger partial charge is 0.312 e. The van der Waals surface area contributed by atoms with E-state index < -0.39 is 23.4 Å². The molecule has 30 heavy (non-hydrogen) atoms. The standard InChI is InChI=1S/C20H17F2N5O3/c1-20(2,22)19-26-25-17(30-19)18(28)27-8-7-11-14(24-9-23-11)15(27)16-13(21)10-5-3-4-6-12(10)29-16/h3-6,9,15H,7-8H2,1-2H3,(H,23,24)/t15-/m1/s1. The number of fused-ring (bicyclic) bond motifs is 2. The van der Waals surface area contributed by atoms with E-state index in [9.17, 15) is 9.18 Å². The quantitative estimate of drug-likeness (QED) is 0.550. The summed E-state index contributed by atoms with van der Waals surface area (Å²) in [5, 5.41) is 7.63. The average molecular weight is 413 g/mol. The van der Waals surface area contributed by atoms with Gasteiger partial charge in [-0.3, -0.25) is 4.79 Å². The van der Waals surface area contributed by atoms with Gasteiger partial charge < -0.3 is 18.7 Å². The highest BCUT2D eigenvalue weighted by Crippen LogP contribution is 2.39. The molecule has 0 saturated carbocycles. The molecule has 3 aromatic heterocycles. The number of alkyl halides is 1. The highest BCUT2D eigenvalue weighted by Gasteiger charge is 2.41. The molecular formula is C20H17F2N5O3. The Morgan fingerprint density at radius 2 is 2.07 bits per heavy atom. The Balaban J connectivity index is 1.61. The topological polar surface area (TPSA) is 101 Å². The third-order valence-corrected chi connectivity index (χ3v) is 5.11. The molecule has 0 spiro atoms. The number of amides is 1. The number of rotatable bonds is 3. The summed E-state index contributed by atoms with van der Waals surface area (Å²) in [5.41, 5.74) is -0.287. The zero-order valence-corrected chi connectivity index (χ0v) is 16.1. The highest BCUT2D eigenvalue weighted by molar-refractivity contribution is 5.90. The van der Waals surface area contributed by atoms with Gasteiger partial charge in [-0.05, 0) is 26.0 Å². The number of carbonyl (C=O) groups is 1. The number of benzene rings is 1. The van der Waals surface area contributed by atoms with Crippen LogP contribution in [0.3, 0.4) is 0 Å². The minimum Gasteiger partial charge on any atom is -0.455 e. The molecule has 1 aliphatic rings. The average Bonchev–Trinajstić information content (AvgIpc) is 3.45. The van der Waals surface area contributed by atoms with Gasteiger partial charge in [-0.2, -0.15) is 0 Å². The molecule has 1 atom stereocenters. The van der Waals surface area contributed by atoms with Crippen molar-refractivity contribution in [2.45, 2.75) is 32.0 Å². The largest absolute Gasteiger partial charge is 0.455 e. The summed E-state index contributed by atoms with van der Waals surface area (Å²) in [7, 11) is 0. The fraction of sp³-hybridized carbons (Fsp3) is 0.300. The molecule has 1 aromatic carbocycles. The van der Waals surface area contributed by atoms with Crippen molar-refractivity contribution in [3.63, 3.8) is 0 Å². The first-order chi connectivity index (χ1) is 14.3. The molecule has 1 N–H and O–H groups in total. The first-order valence-electron chi connectivity index (χ1n) is 9.37. The van der Waals surface area contributed by atoms with Crippen LogP contribution in [-0.4, -0.2) is 37.5 Å². The second-order valence-electron chi connectivity index (χ2n) is 7.58. The summed E-state index contributed by atoms with van der Waals surface area (Å²) in [6, 6.07) is 5.75. The lowest BCUT2D eigenvalue weighted by Crippen LogP contribution is -2.41. The number of halogens is 2. The van der Waals surface area contributed by atoms with Gasteiger partial charge in [-0.25, -0.2) is 13.8 Å². The Morgan fingerprint density at radius 1 is 1.27 bits per heavy atom. The van der Waals surface area contributed by atoms with Crippen LogP contribution in [0.1, 0.15) is 53.6 Å². The SMILES string of the molecule is CC(C)(F)c1nnc(C(=O)N2CCc3[nH]cnc3[C@@H]2c2oc3ccccc3c2F)o1. The molecule has 10 heteroatoms. The van der Waals surface area contributed by atoms with Crippen molar-refractivity contribution in [2.75, 3.05) is 6.54 Å². The van der Waals surface area contributed by atoms with Gasteiger partial charge in [-0.15, -0.1) is 10.2 Å². The maximum absolute atomic E-state index is 15.2. The molecule has 0 radical (unpaired) electrons. The summed E-state index contributed by atoms with van der Waals surface area (Å²) in [6.45, 7) is 2.72. The second kappa shape index (κ2) is 6.48. The number of hydrogen-bond donors (Lipinski definition) is 1. The minimum atomic E-state index is -1.90. The number of nitrogens with one attached hydrogen (secondary N) is 1. The molecule has 1 aliphatic heterocycles. The fourth-order valence-corrected chi connectivity index (χ4v) is 3.64. The van der Waals surface area contributed by atoms with Gasteiger partial charge in [0.2, 0.25) is 0 Å². The van der Waals surface area contributed by atoms with E-state index in [4.69, 9.17) is 8.83 Å². The molecule has 5 rings (SSSR count). The number of furan rings is 1. The zero-order valence-electron chi connectivity index (χ0n) is 16.1. The van der Waals surface area contributed by atoms with Gasteiger partial charge in [0.05, 0.1) is 17.4 Å². The Labute approximate surface area is 168 Å². The summed E-state index contributed by atoms with van der Waals surface area (Å²) in [6.07, 6.45) is 1.96. The van der Waals surface area contributed by atoms with E-state index in [1.54, 1.807) is 24.3 Å². The minimum absolute atomic E-state index is 0.0387. The first kappa shape index (κ1) is 18.5. The molecule has 0 saturated heterocycles. The molecule has 0 bridgehead atoms. The number of nitrogens with zero attached hydrogens (tertiary/aromatic N) is 4. The Hall–Kier alpha value is -3.56. The summed E-state index contributed by atoms with van der Waals surface area (Å²) in [4.78, 5) is 21.9. The molecule has 1 amide bonds. The Bertz CT molecular complexity index is 1250. The lowest BCUT2D eigenvalue weighted by molar-refractivity contribution is 0.0618. The van der Waals surface area contributed by atoms with E-state index in [0.717, 1.165) is 5.69 Å². The van der Waals surface area contributed by atoms with Crippen LogP contribution in [0.5, 0.6) is 0 Å². The van der Waals surface area contributed by atoms with E-state index in [-0.39, 0.29) is 24.1 Å². The van der Waals surface area contributed by atoms with Gasteiger partial charge in [-0.1, -0.05) is 12.1 Å². The van der Waals surface area contributed by atoms with Crippen LogP contribution >= 0.6 is 0 Å². The van der Waals surface area contributed by atoms with E-state index >= 15 is 4.39 Å². The van der Waals surface area contributed by atoms with E-state index in [1.165, 1.54) is 25.1 Å². The fourth-order valence-electron chi connectivity index (χ4n) is 3.64. The lowest BCUT2D eigenvalue weighted by atomic mass is 9.99. The molecule has 4 aromatic rings. The highest BCUT2D eigenvalue weighted by atomic mass is 19.1. The van der Waals surface area contributed by atoms with Crippen molar-refractivity contribution in [3.05, 3.63) is 65.3 Å². The molecular weight excluding hydrogens is 396 g/mol. The third-order valence-electron chi connectivity index (χ3n) is 5.11. The van der Waals surface area contributed by atoms with Crippen molar-refractivity contribution < 1.29 is 22.4 Å². The lowest BCUT2D eigenvalue weighted by Gasteiger charge is -2.32. The van der Waals surface area contributed by atoms with Crippen LogP contribution in [0.25, 0.3) is 11.0 Å².